The summed E-state index contributed by atoms with van der Waals surface area (Å²) in [6, 6.07) is 24.1. The second-order valence-corrected chi connectivity index (χ2v) is 8.95. The molecule has 0 spiro atoms. The maximum absolute atomic E-state index is 13.3. The van der Waals surface area contributed by atoms with Gasteiger partial charge in [0.25, 0.3) is 5.91 Å². The highest BCUT2D eigenvalue weighted by Gasteiger charge is 2.18. The van der Waals surface area contributed by atoms with Crippen molar-refractivity contribution in [3.63, 3.8) is 0 Å². The minimum absolute atomic E-state index is 0.160. The Bertz CT molecular complexity index is 1540. The van der Waals surface area contributed by atoms with Crippen molar-refractivity contribution in [3.8, 4) is 5.75 Å². The molecule has 0 aliphatic heterocycles. The second-order valence-electron chi connectivity index (χ2n) is 8.95. The predicted octanol–water partition coefficient (Wildman–Crippen LogP) is 6.18. The van der Waals surface area contributed by atoms with Crippen LogP contribution in [0.3, 0.4) is 0 Å². The normalized spacial score (nSPS) is 12.3. The monoisotopic (exact) mass is 465 g/mol. The molecule has 0 heterocycles. The van der Waals surface area contributed by atoms with Gasteiger partial charge in [-0.2, -0.15) is 0 Å². The van der Waals surface area contributed by atoms with Crippen molar-refractivity contribution in [1.29, 1.82) is 0 Å². The van der Waals surface area contributed by atoms with E-state index in [0.717, 1.165) is 38.1 Å². The number of carboxylic acids is 1. The number of carboxylic acid groups (broad SMARTS) is 1. The van der Waals surface area contributed by atoms with Crippen LogP contribution in [0.15, 0.2) is 72.8 Å². The van der Waals surface area contributed by atoms with E-state index in [1.807, 2.05) is 43.3 Å². The average Bonchev–Trinajstić information content (AvgIpc) is 2.88. The van der Waals surface area contributed by atoms with Crippen LogP contribution >= 0.6 is 0 Å². The smallest absolute Gasteiger partial charge is 0.306 e. The third kappa shape index (κ3) is 4.14. The van der Waals surface area contributed by atoms with E-state index in [1.54, 1.807) is 7.11 Å². The molecule has 35 heavy (non-hydrogen) atoms. The van der Waals surface area contributed by atoms with Crippen LogP contribution in [0.4, 0.5) is 0 Å². The highest BCUT2D eigenvalue weighted by atomic mass is 16.5. The number of hydrogen-bond acceptors (Lipinski definition) is 3. The topological polar surface area (TPSA) is 75.6 Å². The predicted molar refractivity (Wildman–Crippen MR) is 139 cm³/mol. The lowest BCUT2D eigenvalue weighted by atomic mass is 9.92. The first-order chi connectivity index (χ1) is 17.0. The first-order valence-electron chi connectivity index (χ1n) is 11.8. The molecule has 5 nitrogen and oxygen atoms in total. The number of aliphatic carboxylic acids is 1. The molecule has 0 saturated heterocycles. The molecular formula is C30H27NO4. The zero-order valence-electron chi connectivity index (χ0n) is 19.8. The third-order valence-electron chi connectivity index (χ3n) is 6.88. The molecule has 0 saturated carbocycles. The van der Waals surface area contributed by atoms with Crippen LogP contribution < -0.4 is 10.1 Å². The first-order valence-corrected chi connectivity index (χ1v) is 11.8. The second kappa shape index (κ2) is 9.26. The van der Waals surface area contributed by atoms with E-state index in [0.29, 0.717) is 24.2 Å². The maximum Gasteiger partial charge on any atom is 0.306 e. The summed E-state index contributed by atoms with van der Waals surface area (Å²) >= 11 is 0. The van der Waals surface area contributed by atoms with Crippen LogP contribution in [-0.4, -0.2) is 24.1 Å². The SMILES string of the molecule is CCC(Cc1ccc(OC)c(CNC(=O)c2ccc3ccc4cccc5ccc2c3c45)c1)C(=O)O. The molecule has 0 bridgehead atoms. The van der Waals surface area contributed by atoms with Gasteiger partial charge in [0.15, 0.2) is 0 Å². The first kappa shape index (κ1) is 22.7. The molecule has 0 aliphatic carbocycles. The average molecular weight is 466 g/mol. The van der Waals surface area contributed by atoms with Gasteiger partial charge in [-0.15, -0.1) is 0 Å². The molecule has 0 aromatic heterocycles. The van der Waals surface area contributed by atoms with E-state index in [4.69, 9.17) is 4.74 Å². The highest BCUT2D eigenvalue weighted by Crippen LogP contribution is 2.36. The minimum Gasteiger partial charge on any atom is -0.496 e. The number of carbonyl (C=O) groups excluding carboxylic acids is 1. The summed E-state index contributed by atoms with van der Waals surface area (Å²) in [5.41, 5.74) is 2.35. The van der Waals surface area contributed by atoms with Crippen LogP contribution in [0.25, 0.3) is 32.3 Å². The number of benzene rings is 5. The van der Waals surface area contributed by atoms with Gasteiger partial charge in [0.2, 0.25) is 0 Å². The minimum atomic E-state index is -0.799. The molecule has 2 N–H and O–H groups in total. The van der Waals surface area contributed by atoms with Gasteiger partial charge in [-0.05, 0) is 62.9 Å². The maximum atomic E-state index is 13.3. The standard InChI is InChI=1S/C30H27NO4/c1-3-19(30(33)34)15-18-7-14-26(35-2)23(16-18)17-31-29(32)25-13-11-22-9-8-20-5-4-6-21-10-12-24(25)28(22)27(20)21/h4-14,16,19H,3,15,17H2,1-2H3,(H,31,32)(H,33,34). The van der Waals surface area contributed by atoms with E-state index >= 15 is 0 Å². The summed E-state index contributed by atoms with van der Waals surface area (Å²) in [5.74, 6) is -0.740. The lowest BCUT2D eigenvalue weighted by Crippen LogP contribution is -2.23. The van der Waals surface area contributed by atoms with Crippen molar-refractivity contribution in [2.45, 2.75) is 26.3 Å². The number of nitrogens with one attached hydrogen (secondary N) is 1. The molecule has 1 unspecified atom stereocenters. The van der Waals surface area contributed by atoms with Crippen LogP contribution in [0.2, 0.25) is 0 Å². The fourth-order valence-electron chi connectivity index (χ4n) is 4.99. The Labute approximate surface area is 203 Å². The highest BCUT2D eigenvalue weighted by molar-refractivity contribution is 6.26. The molecule has 5 rings (SSSR count). The van der Waals surface area contributed by atoms with Crippen molar-refractivity contribution in [3.05, 3.63) is 89.5 Å². The Morgan fingerprint density at radius 1 is 0.914 bits per heavy atom. The summed E-state index contributed by atoms with van der Waals surface area (Å²) in [6.07, 6.45) is 0.994. The molecule has 0 aliphatic rings. The molecule has 1 amide bonds. The number of rotatable bonds is 8. The summed E-state index contributed by atoms with van der Waals surface area (Å²) in [6.45, 7) is 2.15. The summed E-state index contributed by atoms with van der Waals surface area (Å²) in [5, 5.41) is 19.1. The lowest BCUT2D eigenvalue weighted by molar-refractivity contribution is -0.141. The van der Waals surface area contributed by atoms with Gasteiger partial charge in [-0.25, -0.2) is 0 Å². The van der Waals surface area contributed by atoms with Gasteiger partial charge >= 0.3 is 5.97 Å². The van der Waals surface area contributed by atoms with Crippen molar-refractivity contribution in [1.82, 2.24) is 5.32 Å². The number of amides is 1. The molecule has 0 radical (unpaired) electrons. The third-order valence-corrected chi connectivity index (χ3v) is 6.88. The van der Waals surface area contributed by atoms with Gasteiger partial charge in [0.05, 0.1) is 13.0 Å². The Morgan fingerprint density at radius 3 is 2.29 bits per heavy atom. The number of hydrogen-bond donors (Lipinski definition) is 2. The molecule has 176 valence electrons. The number of ether oxygens (including phenoxy) is 1. The van der Waals surface area contributed by atoms with E-state index in [9.17, 15) is 14.7 Å². The molecule has 1 atom stereocenters. The fraction of sp³-hybridized carbons (Fsp3) is 0.200. The van der Waals surface area contributed by atoms with Crippen molar-refractivity contribution in [2.24, 2.45) is 5.92 Å². The van der Waals surface area contributed by atoms with Crippen LogP contribution in [0.5, 0.6) is 5.75 Å². The molecule has 5 aromatic rings. The zero-order valence-corrected chi connectivity index (χ0v) is 19.8. The molecule has 0 fully saturated rings. The Hall–Kier alpha value is -4.12. The fourth-order valence-corrected chi connectivity index (χ4v) is 4.99. The Balaban J connectivity index is 1.45. The van der Waals surface area contributed by atoms with Gasteiger partial charge < -0.3 is 15.2 Å². The van der Waals surface area contributed by atoms with E-state index in [1.165, 1.54) is 5.39 Å². The number of methoxy groups -OCH3 is 1. The zero-order chi connectivity index (χ0) is 24.5. The van der Waals surface area contributed by atoms with Crippen LogP contribution in [0, 0.1) is 5.92 Å². The van der Waals surface area contributed by atoms with Gasteiger partial charge in [-0.3, -0.25) is 9.59 Å². The number of carbonyl (C=O) groups is 2. The van der Waals surface area contributed by atoms with Gasteiger partial charge in [0.1, 0.15) is 5.75 Å². The lowest BCUT2D eigenvalue weighted by Gasteiger charge is -2.16. The summed E-state index contributed by atoms with van der Waals surface area (Å²) in [7, 11) is 1.59. The van der Waals surface area contributed by atoms with Crippen molar-refractivity contribution < 1.29 is 19.4 Å². The van der Waals surface area contributed by atoms with Gasteiger partial charge in [0, 0.05) is 17.7 Å². The van der Waals surface area contributed by atoms with E-state index < -0.39 is 11.9 Å². The Morgan fingerprint density at radius 2 is 1.60 bits per heavy atom. The van der Waals surface area contributed by atoms with Crippen LogP contribution in [-0.2, 0) is 17.8 Å². The quantitative estimate of drug-likeness (QED) is 0.269. The van der Waals surface area contributed by atoms with Crippen molar-refractivity contribution >= 4 is 44.2 Å². The molecular weight excluding hydrogens is 438 g/mol. The van der Waals surface area contributed by atoms with Crippen molar-refractivity contribution in [2.75, 3.05) is 7.11 Å². The van der Waals surface area contributed by atoms with E-state index in [2.05, 4.69) is 41.7 Å². The largest absolute Gasteiger partial charge is 0.496 e. The van der Waals surface area contributed by atoms with Gasteiger partial charge in [-0.1, -0.05) is 67.6 Å². The summed E-state index contributed by atoms with van der Waals surface area (Å²) in [4.78, 5) is 24.8. The molecule has 5 aromatic carbocycles. The van der Waals surface area contributed by atoms with E-state index in [-0.39, 0.29) is 12.5 Å². The summed E-state index contributed by atoms with van der Waals surface area (Å²) < 4.78 is 5.50. The molecule has 5 heteroatoms. The Kier molecular flexibility index (Phi) is 6.00. The van der Waals surface area contributed by atoms with Crippen LogP contribution in [0.1, 0.15) is 34.8 Å².